The molecule has 0 radical (unpaired) electrons. The molecule has 0 aliphatic heterocycles. The van der Waals surface area contributed by atoms with Crippen molar-refractivity contribution in [2.24, 2.45) is 0 Å². The first kappa shape index (κ1) is 25.4. The van der Waals surface area contributed by atoms with Crippen LogP contribution in [-0.2, 0) is 0 Å². The molecule has 0 aromatic heterocycles. The second-order valence-corrected chi connectivity index (χ2v) is 5.21. The Labute approximate surface area is 157 Å². The van der Waals surface area contributed by atoms with E-state index in [4.69, 9.17) is 0 Å². The molecule has 3 rings (SSSR count). The van der Waals surface area contributed by atoms with Crippen LogP contribution in [0.25, 0.3) is 21.5 Å². The van der Waals surface area contributed by atoms with Crippen LogP contribution in [0.2, 0.25) is 0 Å². The van der Waals surface area contributed by atoms with Gasteiger partial charge in [-0.25, -0.2) is 0 Å². The SMILES string of the molecule is CC.CC.CC.CCC.Cc1ccc2cc3c(C)cccc3cc2c1. The average molecular weight is 341 g/mol. The summed E-state index contributed by atoms with van der Waals surface area (Å²) < 4.78 is 0. The van der Waals surface area contributed by atoms with Gasteiger partial charge in [0.2, 0.25) is 0 Å². The first-order valence-electron chi connectivity index (χ1n) is 10.1. The molecule has 0 fully saturated rings. The maximum Gasteiger partial charge on any atom is -0.0148 e. The molecule has 0 aliphatic carbocycles. The van der Waals surface area contributed by atoms with Crippen LogP contribution in [-0.4, -0.2) is 0 Å². The number of rotatable bonds is 0. The zero-order chi connectivity index (χ0) is 19.8. The monoisotopic (exact) mass is 340 g/mol. The van der Waals surface area contributed by atoms with Crippen molar-refractivity contribution < 1.29 is 0 Å². The second-order valence-electron chi connectivity index (χ2n) is 5.21. The fourth-order valence-corrected chi connectivity index (χ4v) is 2.30. The van der Waals surface area contributed by atoms with Gasteiger partial charge in [0.15, 0.2) is 0 Å². The predicted octanol–water partition coefficient (Wildman–Crippen LogP) is 9.10. The lowest BCUT2D eigenvalue weighted by molar-refractivity contribution is 1.09. The van der Waals surface area contributed by atoms with Gasteiger partial charge in [-0.1, -0.05) is 104 Å². The van der Waals surface area contributed by atoms with Crippen LogP contribution in [0.1, 0.15) is 72.9 Å². The minimum absolute atomic E-state index is 1.25. The maximum absolute atomic E-state index is 2.29. The third-order valence-corrected chi connectivity index (χ3v) is 3.21. The molecule has 0 heterocycles. The van der Waals surface area contributed by atoms with E-state index < -0.39 is 0 Å². The summed E-state index contributed by atoms with van der Waals surface area (Å²) in [6.07, 6.45) is 1.25. The highest BCUT2D eigenvalue weighted by molar-refractivity contribution is 5.99. The molecule has 0 spiro atoms. The molecule has 0 atom stereocenters. The van der Waals surface area contributed by atoms with Gasteiger partial charge in [0.25, 0.3) is 0 Å². The zero-order valence-electron chi connectivity index (χ0n) is 18.3. The van der Waals surface area contributed by atoms with E-state index in [1.165, 1.54) is 39.1 Å². The van der Waals surface area contributed by atoms with Crippen molar-refractivity contribution in [3.63, 3.8) is 0 Å². The standard InChI is InChI=1S/C16H14.C3H8.3C2H6/c1-11-6-7-13-10-16-12(2)4-3-5-14(16)9-15(13)8-11;1-3-2;3*1-2/h3-10H,1-2H3;3H2,1-2H3;3*1-2H3. The van der Waals surface area contributed by atoms with Gasteiger partial charge >= 0.3 is 0 Å². The molecule has 0 bridgehead atoms. The maximum atomic E-state index is 2.29. The van der Waals surface area contributed by atoms with Crippen molar-refractivity contribution in [2.75, 3.05) is 0 Å². The fourth-order valence-electron chi connectivity index (χ4n) is 2.30. The van der Waals surface area contributed by atoms with E-state index in [1.807, 2.05) is 41.5 Å². The average Bonchev–Trinajstić information content (AvgIpc) is 2.66. The van der Waals surface area contributed by atoms with Crippen LogP contribution in [0.4, 0.5) is 0 Å². The summed E-state index contributed by atoms with van der Waals surface area (Å²) in [6, 6.07) is 17.7. The van der Waals surface area contributed by atoms with Crippen molar-refractivity contribution >= 4 is 21.5 Å². The van der Waals surface area contributed by atoms with E-state index in [-0.39, 0.29) is 0 Å². The Balaban J connectivity index is 0. The lowest BCUT2D eigenvalue weighted by Gasteiger charge is -2.05. The number of benzene rings is 3. The van der Waals surface area contributed by atoms with E-state index in [2.05, 4.69) is 76.2 Å². The van der Waals surface area contributed by atoms with E-state index in [1.54, 1.807) is 0 Å². The van der Waals surface area contributed by atoms with Crippen LogP contribution in [0, 0.1) is 13.8 Å². The molecule has 0 N–H and O–H groups in total. The number of hydrogen-bond donors (Lipinski definition) is 0. The Morgan fingerprint density at radius 2 is 1.16 bits per heavy atom. The van der Waals surface area contributed by atoms with Crippen LogP contribution < -0.4 is 0 Å². The molecule has 0 heteroatoms. The zero-order valence-corrected chi connectivity index (χ0v) is 18.3. The highest BCUT2D eigenvalue weighted by Crippen LogP contribution is 2.25. The minimum Gasteiger partial charge on any atom is -0.0683 e. The summed E-state index contributed by atoms with van der Waals surface area (Å²) in [5.41, 5.74) is 2.67. The molecule has 3 aromatic carbocycles. The lowest BCUT2D eigenvalue weighted by atomic mass is 9.99. The summed E-state index contributed by atoms with van der Waals surface area (Å²) in [5, 5.41) is 5.35. The topological polar surface area (TPSA) is 0 Å². The van der Waals surface area contributed by atoms with Crippen LogP contribution in [0.15, 0.2) is 48.5 Å². The minimum atomic E-state index is 1.25. The van der Waals surface area contributed by atoms with E-state index in [0.717, 1.165) is 0 Å². The largest absolute Gasteiger partial charge is 0.0683 e. The summed E-state index contributed by atoms with van der Waals surface area (Å²) >= 11 is 0. The first-order valence-corrected chi connectivity index (χ1v) is 10.1. The molecule has 25 heavy (non-hydrogen) atoms. The van der Waals surface area contributed by atoms with Crippen LogP contribution in [0.3, 0.4) is 0 Å². The third-order valence-electron chi connectivity index (χ3n) is 3.21. The molecule has 0 amide bonds. The highest BCUT2D eigenvalue weighted by atomic mass is 14.0. The van der Waals surface area contributed by atoms with Gasteiger partial charge in [0, 0.05) is 0 Å². The van der Waals surface area contributed by atoms with Gasteiger partial charge in [0.05, 0.1) is 0 Å². The Kier molecular flexibility index (Phi) is 16.0. The Morgan fingerprint density at radius 1 is 0.600 bits per heavy atom. The molecule has 0 unspecified atom stereocenters. The van der Waals surface area contributed by atoms with Crippen molar-refractivity contribution in [3.05, 3.63) is 59.7 Å². The number of aryl methyl sites for hydroxylation is 2. The Bertz CT molecular complexity index is 692. The molecule has 0 aliphatic rings. The lowest BCUT2D eigenvalue weighted by Crippen LogP contribution is -1.80. The van der Waals surface area contributed by atoms with E-state index in [9.17, 15) is 0 Å². The van der Waals surface area contributed by atoms with Crippen molar-refractivity contribution in [3.8, 4) is 0 Å². The number of fused-ring (bicyclic) bond motifs is 2. The molecule has 0 nitrogen and oxygen atoms in total. The van der Waals surface area contributed by atoms with Gasteiger partial charge in [-0.05, 0) is 53.1 Å². The molecule has 0 saturated heterocycles. The quantitative estimate of drug-likeness (QED) is 0.358. The summed E-state index contributed by atoms with van der Waals surface area (Å²) in [7, 11) is 0. The molecule has 3 aromatic rings. The first-order chi connectivity index (χ1) is 12.2. The summed E-state index contributed by atoms with van der Waals surface area (Å²) in [4.78, 5) is 0. The normalized spacial score (nSPS) is 8.56. The Hall–Kier alpha value is -1.82. The van der Waals surface area contributed by atoms with E-state index in [0.29, 0.717) is 0 Å². The molecule has 140 valence electrons. The predicted molar refractivity (Wildman–Crippen MR) is 121 cm³/mol. The van der Waals surface area contributed by atoms with Gasteiger partial charge in [-0.15, -0.1) is 0 Å². The third kappa shape index (κ3) is 8.20. The molecular formula is C25H40. The fraction of sp³-hybridized carbons (Fsp3) is 0.440. The van der Waals surface area contributed by atoms with Gasteiger partial charge in [-0.2, -0.15) is 0 Å². The Morgan fingerprint density at radius 3 is 1.72 bits per heavy atom. The molecule has 0 saturated carbocycles. The van der Waals surface area contributed by atoms with Crippen molar-refractivity contribution in [2.45, 2.75) is 75.7 Å². The summed E-state index contributed by atoms with van der Waals surface area (Å²) in [5.74, 6) is 0. The summed E-state index contributed by atoms with van der Waals surface area (Å²) in [6.45, 7) is 20.6. The van der Waals surface area contributed by atoms with Crippen molar-refractivity contribution in [1.82, 2.24) is 0 Å². The van der Waals surface area contributed by atoms with Gasteiger partial charge < -0.3 is 0 Å². The van der Waals surface area contributed by atoms with E-state index >= 15 is 0 Å². The van der Waals surface area contributed by atoms with Gasteiger partial charge in [0.1, 0.15) is 0 Å². The molecular weight excluding hydrogens is 300 g/mol. The van der Waals surface area contributed by atoms with Crippen LogP contribution in [0.5, 0.6) is 0 Å². The second kappa shape index (κ2) is 15.7. The van der Waals surface area contributed by atoms with Crippen LogP contribution >= 0.6 is 0 Å². The smallest absolute Gasteiger partial charge is 0.0148 e. The van der Waals surface area contributed by atoms with Gasteiger partial charge in [-0.3, -0.25) is 0 Å². The number of hydrogen-bond acceptors (Lipinski definition) is 0. The van der Waals surface area contributed by atoms with Crippen molar-refractivity contribution in [1.29, 1.82) is 0 Å². The highest BCUT2D eigenvalue weighted by Gasteiger charge is 2.00.